The first-order chi connectivity index (χ1) is 44.8. The van der Waals surface area contributed by atoms with Gasteiger partial charge in [0.15, 0.2) is 0 Å². The Hall–Kier alpha value is -10.5. The second-order valence-corrected chi connectivity index (χ2v) is 27.4. The van der Waals surface area contributed by atoms with E-state index in [0.29, 0.717) is 5.69 Å². The number of fused-ring (bicyclic) bond motifs is 4. The Morgan fingerprint density at radius 2 is 0.815 bits per heavy atom. The number of nitrogens with zero attached hydrogens (tertiary/aromatic N) is 2. The normalized spacial score (nSPS) is 12.4. The van der Waals surface area contributed by atoms with E-state index in [9.17, 15) is 0 Å². The van der Waals surface area contributed by atoms with Crippen molar-refractivity contribution in [3.8, 4) is 66.8 Å². The van der Waals surface area contributed by atoms with Crippen molar-refractivity contribution >= 4 is 86.0 Å². The highest BCUT2D eigenvalue weighted by atomic mass is 32.2. The van der Waals surface area contributed by atoms with Gasteiger partial charge in [0.1, 0.15) is 0 Å². The van der Waals surface area contributed by atoms with E-state index < -0.39 is 0 Å². The molecule has 0 aliphatic carbocycles. The zero-order valence-electron chi connectivity index (χ0n) is 52.8. The van der Waals surface area contributed by atoms with Gasteiger partial charge >= 0.3 is 0 Å². The molecule has 0 saturated heterocycles. The molecule has 0 unspecified atom stereocenters. The zero-order valence-corrected chi connectivity index (χ0v) is 53.6. The number of rotatable bonds is 12. The predicted molar refractivity (Wildman–Crippen MR) is 395 cm³/mol. The van der Waals surface area contributed by atoms with Gasteiger partial charge < -0.3 is 20.9 Å². The monoisotopic (exact) mass is 1200 g/mol. The van der Waals surface area contributed by atoms with E-state index in [1.54, 1.807) is 0 Å². The number of nitrogen functional groups attached to an aromatic ring is 1. The van der Waals surface area contributed by atoms with Gasteiger partial charge in [-0.15, -0.1) is 0 Å². The average Bonchev–Trinajstić information content (AvgIpc) is 0.700. The third kappa shape index (κ3) is 10.7. The minimum absolute atomic E-state index is 0.0376. The first-order valence-electron chi connectivity index (χ1n) is 32.0. The molecule has 444 valence electrons. The Morgan fingerprint density at radius 1 is 0.359 bits per heavy atom. The van der Waals surface area contributed by atoms with Gasteiger partial charge in [-0.25, -0.2) is 0 Å². The fourth-order valence-electron chi connectivity index (χ4n) is 13.7. The smallest absolute Gasteiger partial charge is 0.249 e. The minimum Gasteiger partial charge on any atom is -0.398 e. The lowest BCUT2D eigenvalue weighted by atomic mass is 9.34. The van der Waals surface area contributed by atoms with Crippen LogP contribution >= 0.6 is 11.8 Å². The summed E-state index contributed by atoms with van der Waals surface area (Å²) < 4.78 is 0. The first kappa shape index (κ1) is 57.9. The molecule has 0 spiro atoms. The molecule has 0 amide bonds. The summed E-state index contributed by atoms with van der Waals surface area (Å²) in [7, 11) is 0. The van der Waals surface area contributed by atoms with Crippen molar-refractivity contribution in [3.63, 3.8) is 0 Å². The van der Waals surface area contributed by atoms with Crippen LogP contribution in [-0.4, -0.2) is 6.71 Å². The summed E-state index contributed by atoms with van der Waals surface area (Å²) >= 11 is 1.89. The molecule has 0 aromatic heterocycles. The third-order valence-corrected chi connectivity index (χ3v) is 19.6. The molecule has 15 rings (SSSR count). The lowest BCUT2D eigenvalue weighted by molar-refractivity contribution is 0.590. The maximum atomic E-state index is 7.77. The van der Waals surface area contributed by atoms with Crippen LogP contribution in [0, 0.1) is 0 Å². The van der Waals surface area contributed by atoms with Gasteiger partial charge in [-0.05, 0) is 127 Å². The number of hydrogen-bond donors (Lipinski definition) is 2. The second kappa shape index (κ2) is 23.7. The molecule has 3 N–H and O–H groups in total. The lowest BCUT2D eigenvalue weighted by Crippen LogP contribution is -2.60. The van der Waals surface area contributed by atoms with Crippen molar-refractivity contribution in [3.05, 3.63) is 314 Å². The van der Waals surface area contributed by atoms with E-state index in [1.807, 2.05) is 11.8 Å². The van der Waals surface area contributed by atoms with E-state index in [4.69, 9.17) is 5.73 Å². The molecule has 0 saturated carbocycles. The van der Waals surface area contributed by atoms with Crippen LogP contribution in [0.15, 0.2) is 313 Å². The molecule has 13 aromatic rings. The summed E-state index contributed by atoms with van der Waals surface area (Å²) in [6.07, 6.45) is 0. The molecule has 2 aliphatic rings. The van der Waals surface area contributed by atoms with Crippen LogP contribution in [0.3, 0.4) is 0 Å². The SMILES string of the molecule is CC(C)(C)c1ccc(N(c2ccc(C(C)(C)C)cc2)c2cc3c4c(c2)N(c2c(-c5cccc(-c6ccccc6)c5N)cccc2-c2cccc(-c5ccccc5)c2Nc2ccccc2)c2cc(-c5ccccc5)ccc2B4c2ccc(-c4ccccc4)cc2S3)cc1. The molecule has 13 aromatic carbocycles. The van der Waals surface area contributed by atoms with E-state index in [-0.39, 0.29) is 17.5 Å². The Balaban J connectivity index is 1.08. The standard InChI is InChI=1S/C86H71BN4S/c1-85(2,3)63-43-47-66(48-44-63)90(67-49-45-64(46-50-67)86(4,5)6)68-55-78-81-80(56-68)92-79-54-62(58-27-14-8-15-28-58)42-52-76(79)87(81)75-51-41-61(57-25-12-7-13-26-57)53-77(75)91(78)84-73(71-37-22-35-69(82(71)88)59-29-16-9-17-30-59)39-24-40-74(84)72-38-23-36-70(60-31-18-10-19-32-60)83(72)89-65-33-20-11-21-34-65/h7-56,89H,88H2,1-6H3. The van der Waals surface area contributed by atoms with Crippen LogP contribution in [-0.2, 0) is 10.8 Å². The summed E-state index contributed by atoms with van der Waals surface area (Å²) in [5.41, 5.74) is 36.1. The topological polar surface area (TPSA) is 44.5 Å². The maximum absolute atomic E-state index is 7.77. The third-order valence-electron chi connectivity index (χ3n) is 18.4. The fraction of sp³-hybridized carbons (Fsp3) is 0.0930. The van der Waals surface area contributed by atoms with Crippen LogP contribution in [0.1, 0.15) is 52.7 Å². The summed E-state index contributed by atoms with van der Waals surface area (Å²) in [5, 5.41) is 4.03. The van der Waals surface area contributed by atoms with Crippen molar-refractivity contribution in [2.75, 3.05) is 20.9 Å². The molecular weight excluding hydrogens is 1130 g/mol. The maximum Gasteiger partial charge on any atom is 0.249 e. The van der Waals surface area contributed by atoms with E-state index >= 15 is 0 Å². The summed E-state index contributed by atoms with van der Waals surface area (Å²) in [6.45, 7) is 13.6. The number of nitrogens with one attached hydrogen (secondary N) is 1. The molecule has 2 heterocycles. The van der Waals surface area contributed by atoms with Gasteiger partial charge in [0.2, 0.25) is 6.71 Å². The van der Waals surface area contributed by atoms with Crippen LogP contribution in [0.2, 0.25) is 0 Å². The van der Waals surface area contributed by atoms with Gasteiger partial charge in [-0.2, -0.15) is 0 Å². The molecule has 0 fully saturated rings. The number of para-hydroxylation sites is 4. The van der Waals surface area contributed by atoms with Crippen molar-refractivity contribution in [2.45, 2.75) is 62.2 Å². The predicted octanol–water partition coefficient (Wildman–Crippen LogP) is 21.8. The largest absolute Gasteiger partial charge is 0.398 e. The van der Waals surface area contributed by atoms with Crippen molar-refractivity contribution in [1.29, 1.82) is 0 Å². The van der Waals surface area contributed by atoms with Crippen molar-refractivity contribution in [1.82, 2.24) is 0 Å². The van der Waals surface area contributed by atoms with E-state index in [0.717, 1.165) is 101 Å². The number of hydrogen-bond acceptors (Lipinski definition) is 5. The average molecular weight is 1200 g/mol. The molecule has 6 heteroatoms. The molecular formula is C86H71BN4S. The molecule has 0 atom stereocenters. The highest BCUT2D eigenvalue weighted by molar-refractivity contribution is 8.00. The van der Waals surface area contributed by atoms with Crippen molar-refractivity contribution in [2.24, 2.45) is 0 Å². The Morgan fingerprint density at radius 3 is 1.37 bits per heavy atom. The highest BCUT2D eigenvalue weighted by Gasteiger charge is 2.43. The zero-order chi connectivity index (χ0) is 62.7. The molecule has 0 radical (unpaired) electrons. The van der Waals surface area contributed by atoms with Crippen LogP contribution in [0.4, 0.5) is 51.2 Å². The molecule has 92 heavy (non-hydrogen) atoms. The number of nitrogens with two attached hydrogens (primary N) is 1. The number of anilines is 9. The molecule has 2 aliphatic heterocycles. The Kier molecular flexibility index (Phi) is 14.9. The Labute approximate surface area is 546 Å². The highest BCUT2D eigenvalue weighted by Crippen LogP contribution is 2.55. The van der Waals surface area contributed by atoms with Crippen LogP contribution in [0.25, 0.3) is 66.8 Å². The molecule has 4 nitrogen and oxygen atoms in total. The quantitative estimate of drug-likeness (QED) is 0.0943. The fourth-order valence-corrected chi connectivity index (χ4v) is 14.9. The van der Waals surface area contributed by atoms with Gasteiger partial charge in [0.25, 0.3) is 0 Å². The Bertz CT molecular complexity index is 4810. The summed E-state index contributed by atoms with van der Waals surface area (Å²) in [4.78, 5) is 7.56. The van der Waals surface area contributed by atoms with Gasteiger partial charge in [-0.1, -0.05) is 301 Å². The van der Waals surface area contributed by atoms with Gasteiger partial charge in [-0.3, -0.25) is 0 Å². The van der Waals surface area contributed by atoms with Crippen LogP contribution in [0.5, 0.6) is 0 Å². The minimum atomic E-state index is -0.129. The number of benzene rings is 13. The first-order valence-corrected chi connectivity index (χ1v) is 32.8. The summed E-state index contributed by atoms with van der Waals surface area (Å²) in [6, 6.07) is 112. The lowest BCUT2D eigenvalue weighted by Gasteiger charge is -2.43. The van der Waals surface area contributed by atoms with E-state index in [2.05, 4.69) is 360 Å². The second-order valence-electron chi connectivity index (χ2n) is 26.4. The summed E-state index contributed by atoms with van der Waals surface area (Å²) in [5.74, 6) is 0. The van der Waals surface area contributed by atoms with Gasteiger partial charge in [0.05, 0.1) is 11.4 Å². The van der Waals surface area contributed by atoms with Crippen molar-refractivity contribution < 1.29 is 0 Å². The van der Waals surface area contributed by atoms with Gasteiger partial charge in [0, 0.05) is 83.0 Å². The van der Waals surface area contributed by atoms with E-state index in [1.165, 1.54) is 48.4 Å². The molecule has 0 bridgehead atoms. The van der Waals surface area contributed by atoms with Crippen LogP contribution < -0.4 is 37.2 Å².